The smallest absolute Gasteiger partial charge is 0.120 e. The first kappa shape index (κ1) is 15.5. The van der Waals surface area contributed by atoms with Crippen molar-refractivity contribution in [2.24, 2.45) is 7.05 Å². The molecular formula is C18H26N2O. The summed E-state index contributed by atoms with van der Waals surface area (Å²) < 4.78 is 7.95. The third-order valence-corrected chi connectivity index (χ3v) is 3.92. The summed E-state index contributed by atoms with van der Waals surface area (Å²) in [7, 11) is 2.11. The topological polar surface area (TPSA) is 26.2 Å². The fourth-order valence-corrected chi connectivity index (χ4v) is 2.48. The summed E-state index contributed by atoms with van der Waals surface area (Å²) in [5.41, 5.74) is 6.32. The highest BCUT2D eigenvalue weighted by atomic mass is 16.5. The van der Waals surface area contributed by atoms with Gasteiger partial charge in [-0.05, 0) is 70.0 Å². The Labute approximate surface area is 127 Å². The van der Waals surface area contributed by atoms with E-state index in [-0.39, 0.29) is 6.10 Å². The molecule has 2 rings (SSSR count). The van der Waals surface area contributed by atoms with E-state index in [0.29, 0.717) is 0 Å². The summed E-state index contributed by atoms with van der Waals surface area (Å²) in [6.07, 6.45) is 0.207. The minimum atomic E-state index is 0.207. The van der Waals surface area contributed by atoms with E-state index in [2.05, 4.69) is 55.9 Å². The molecule has 0 aliphatic carbocycles. The highest BCUT2D eigenvalue weighted by Crippen LogP contribution is 2.23. The number of hydrogen-bond donors (Lipinski definition) is 1. The molecule has 21 heavy (non-hydrogen) atoms. The highest BCUT2D eigenvalue weighted by molar-refractivity contribution is 5.54. The van der Waals surface area contributed by atoms with Gasteiger partial charge in [-0.2, -0.15) is 0 Å². The molecule has 0 aliphatic rings. The molecule has 0 spiro atoms. The average molecular weight is 286 g/mol. The van der Waals surface area contributed by atoms with Crippen LogP contribution in [0.15, 0.2) is 24.3 Å². The van der Waals surface area contributed by atoms with Crippen LogP contribution in [0.3, 0.4) is 0 Å². The van der Waals surface area contributed by atoms with Gasteiger partial charge in [0, 0.05) is 30.7 Å². The van der Waals surface area contributed by atoms with Crippen LogP contribution in [-0.4, -0.2) is 10.7 Å². The summed E-state index contributed by atoms with van der Waals surface area (Å²) in [5.74, 6) is 0.930. The molecular weight excluding hydrogens is 260 g/mol. The second-order valence-corrected chi connectivity index (χ2v) is 5.95. The van der Waals surface area contributed by atoms with Crippen molar-refractivity contribution in [1.29, 1.82) is 0 Å². The van der Waals surface area contributed by atoms with E-state index < -0.39 is 0 Å². The largest absolute Gasteiger partial charge is 0.491 e. The van der Waals surface area contributed by atoms with Crippen molar-refractivity contribution in [3.05, 3.63) is 46.8 Å². The monoisotopic (exact) mass is 286 g/mol. The van der Waals surface area contributed by atoms with Crippen molar-refractivity contribution in [2.45, 2.75) is 47.3 Å². The third kappa shape index (κ3) is 3.60. The van der Waals surface area contributed by atoms with E-state index in [1.807, 2.05) is 19.9 Å². The zero-order valence-electron chi connectivity index (χ0n) is 13.9. The molecule has 114 valence electrons. The molecule has 2 aromatic rings. The minimum Gasteiger partial charge on any atom is -0.491 e. The number of anilines is 1. The number of aromatic nitrogens is 1. The zero-order valence-corrected chi connectivity index (χ0v) is 13.9. The van der Waals surface area contributed by atoms with Crippen LogP contribution in [0.4, 0.5) is 5.69 Å². The highest BCUT2D eigenvalue weighted by Gasteiger charge is 2.07. The summed E-state index contributed by atoms with van der Waals surface area (Å²) in [5, 5.41) is 3.52. The lowest BCUT2D eigenvalue weighted by molar-refractivity contribution is 0.242. The summed E-state index contributed by atoms with van der Waals surface area (Å²) in [4.78, 5) is 0. The van der Waals surface area contributed by atoms with E-state index in [0.717, 1.165) is 18.0 Å². The molecule has 0 bridgehead atoms. The van der Waals surface area contributed by atoms with E-state index in [9.17, 15) is 0 Å². The molecule has 0 amide bonds. The molecule has 1 aromatic heterocycles. The Hall–Kier alpha value is -1.90. The normalized spacial score (nSPS) is 11.0. The Morgan fingerprint density at radius 2 is 1.86 bits per heavy atom. The van der Waals surface area contributed by atoms with Crippen molar-refractivity contribution in [3.8, 4) is 5.75 Å². The van der Waals surface area contributed by atoms with Crippen LogP contribution in [0.25, 0.3) is 0 Å². The van der Waals surface area contributed by atoms with Gasteiger partial charge in [0.2, 0.25) is 0 Å². The number of rotatable bonds is 5. The summed E-state index contributed by atoms with van der Waals surface area (Å²) >= 11 is 0. The predicted octanol–water partition coefficient (Wildman–Crippen LogP) is 4.35. The lowest BCUT2D eigenvalue weighted by Gasteiger charge is -2.14. The number of aryl methyl sites for hydroxylation is 2. The maximum atomic E-state index is 5.72. The van der Waals surface area contributed by atoms with Gasteiger partial charge < -0.3 is 14.6 Å². The third-order valence-electron chi connectivity index (χ3n) is 3.92. The van der Waals surface area contributed by atoms with Crippen LogP contribution in [0, 0.1) is 20.8 Å². The molecule has 0 radical (unpaired) electrons. The van der Waals surface area contributed by atoms with Crippen molar-refractivity contribution in [2.75, 3.05) is 5.32 Å². The van der Waals surface area contributed by atoms with Gasteiger partial charge in [-0.3, -0.25) is 0 Å². The van der Waals surface area contributed by atoms with E-state index >= 15 is 0 Å². The Balaban J connectivity index is 2.08. The van der Waals surface area contributed by atoms with Gasteiger partial charge in [0.1, 0.15) is 5.75 Å². The second kappa shape index (κ2) is 6.25. The van der Waals surface area contributed by atoms with E-state index in [1.54, 1.807) is 0 Å². The van der Waals surface area contributed by atoms with Gasteiger partial charge in [0.15, 0.2) is 0 Å². The minimum absolute atomic E-state index is 0.207. The maximum absolute atomic E-state index is 5.72. The number of benzene rings is 1. The van der Waals surface area contributed by atoms with Crippen molar-refractivity contribution in [3.63, 3.8) is 0 Å². The van der Waals surface area contributed by atoms with Crippen LogP contribution in [0.2, 0.25) is 0 Å². The number of hydrogen-bond acceptors (Lipinski definition) is 2. The van der Waals surface area contributed by atoms with Gasteiger partial charge in [0.25, 0.3) is 0 Å². The molecule has 0 fully saturated rings. The first-order valence-electron chi connectivity index (χ1n) is 7.51. The number of nitrogens with zero attached hydrogens (tertiary/aromatic N) is 1. The summed E-state index contributed by atoms with van der Waals surface area (Å²) in [6.45, 7) is 11.3. The molecule has 1 heterocycles. The Morgan fingerprint density at radius 1 is 1.14 bits per heavy atom. The van der Waals surface area contributed by atoms with Crippen LogP contribution in [-0.2, 0) is 13.6 Å². The predicted molar refractivity (Wildman–Crippen MR) is 89.2 cm³/mol. The van der Waals surface area contributed by atoms with E-state index in [4.69, 9.17) is 4.74 Å². The van der Waals surface area contributed by atoms with Gasteiger partial charge >= 0.3 is 0 Å². The standard InChI is InChI=1S/C18H26N2O/c1-12(2)21-17-7-8-18(13(3)9-17)19-11-16-10-14(4)20(6)15(16)5/h7-10,12,19H,11H2,1-6H3. The van der Waals surface area contributed by atoms with Crippen LogP contribution >= 0.6 is 0 Å². The maximum Gasteiger partial charge on any atom is 0.120 e. The first-order chi connectivity index (χ1) is 9.88. The number of nitrogens with one attached hydrogen (secondary N) is 1. The Bertz CT molecular complexity index is 626. The lowest BCUT2D eigenvalue weighted by Crippen LogP contribution is -2.06. The average Bonchev–Trinajstić information content (AvgIpc) is 2.65. The molecule has 3 heteroatoms. The zero-order chi connectivity index (χ0) is 15.6. The van der Waals surface area contributed by atoms with E-state index in [1.165, 1.54) is 22.5 Å². The van der Waals surface area contributed by atoms with Gasteiger partial charge in [0.05, 0.1) is 6.10 Å². The molecule has 1 N–H and O–H groups in total. The van der Waals surface area contributed by atoms with Crippen molar-refractivity contribution < 1.29 is 4.74 Å². The van der Waals surface area contributed by atoms with Crippen molar-refractivity contribution >= 4 is 5.69 Å². The Kier molecular flexibility index (Phi) is 4.61. The molecule has 0 saturated carbocycles. The Morgan fingerprint density at radius 3 is 2.38 bits per heavy atom. The van der Waals surface area contributed by atoms with Crippen LogP contribution < -0.4 is 10.1 Å². The van der Waals surface area contributed by atoms with Gasteiger partial charge in [-0.1, -0.05) is 0 Å². The quantitative estimate of drug-likeness (QED) is 0.884. The fourth-order valence-electron chi connectivity index (χ4n) is 2.48. The van der Waals surface area contributed by atoms with Crippen LogP contribution in [0.1, 0.15) is 36.4 Å². The number of ether oxygens (including phenoxy) is 1. The molecule has 0 atom stereocenters. The lowest BCUT2D eigenvalue weighted by atomic mass is 10.1. The van der Waals surface area contributed by atoms with Gasteiger partial charge in [-0.15, -0.1) is 0 Å². The molecule has 0 aliphatic heterocycles. The van der Waals surface area contributed by atoms with Gasteiger partial charge in [-0.25, -0.2) is 0 Å². The molecule has 0 saturated heterocycles. The molecule has 1 aromatic carbocycles. The first-order valence-corrected chi connectivity index (χ1v) is 7.51. The molecule has 3 nitrogen and oxygen atoms in total. The van der Waals surface area contributed by atoms with Crippen LogP contribution in [0.5, 0.6) is 5.75 Å². The summed E-state index contributed by atoms with van der Waals surface area (Å²) in [6, 6.07) is 8.45. The second-order valence-electron chi connectivity index (χ2n) is 5.95. The van der Waals surface area contributed by atoms with Crippen molar-refractivity contribution in [1.82, 2.24) is 4.57 Å². The SMILES string of the molecule is Cc1cc(OC(C)C)ccc1NCc1cc(C)n(C)c1C. The molecule has 0 unspecified atom stereocenters. The fraction of sp³-hybridized carbons (Fsp3) is 0.444.